The number of aromatic nitrogens is 3. The third-order valence-corrected chi connectivity index (χ3v) is 4.54. The number of amidine groups is 1. The molecule has 8 nitrogen and oxygen atoms in total. The fourth-order valence-electron chi connectivity index (χ4n) is 3.09. The maximum absolute atomic E-state index is 5.73. The lowest BCUT2D eigenvalue weighted by atomic mass is 10.1. The van der Waals surface area contributed by atoms with Gasteiger partial charge in [0.05, 0.1) is 18.4 Å². The minimum Gasteiger partial charge on any atom is -0.458 e. The quantitative estimate of drug-likeness (QED) is 0.822. The molecule has 2 aliphatic rings. The van der Waals surface area contributed by atoms with Crippen LogP contribution >= 0.6 is 0 Å². The van der Waals surface area contributed by atoms with E-state index in [1.807, 2.05) is 43.5 Å². The average molecular weight is 365 g/mol. The number of allylic oxidation sites excluding steroid dienone is 2. The zero-order valence-corrected chi connectivity index (χ0v) is 15.3. The lowest BCUT2D eigenvalue weighted by Crippen LogP contribution is -2.43. The SMILES string of the molecule is CC1C=CC(c2ccc3ncc(N4CCNCC4)nc3n2)=CCN=C(N)O1. The number of pyridine rings is 1. The Morgan fingerprint density at radius 2 is 2.07 bits per heavy atom. The summed E-state index contributed by atoms with van der Waals surface area (Å²) in [6.07, 6.45) is 7.57. The van der Waals surface area contributed by atoms with Crippen LogP contribution in [0.5, 0.6) is 0 Å². The summed E-state index contributed by atoms with van der Waals surface area (Å²) in [6.45, 7) is 6.10. The zero-order chi connectivity index (χ0) is 18.6. The summed E-state index contributed by atoms with van der Waals surface area (Å²) >= 11 is 0. The smallest absolute Gasteiger partial charge is 0.282 e. The van der Waals surface area contributed by atoms with Crippen LogP contribution in [-0.4, -0.2) is 59.8 Å². The molecule has 27 heavy (non-hydrogen) atoms. The van der Waals surface area contributed by atoms with E-state index in [2.05, 4.69) is 20.2 Å². The lowest BCUT2D eigenvalue weighted by Gasteiger charge is -2.28. The highest BCUT2D eigenvalue weighted by atomic mass is 16.5. The normalized spacial score (nSPS) is 20.9. The van der Waals surface area contributed by atoms with Gasteiger partial charge < -0.3 is 20.7 Å². The maximum atomic E-state index is 5.73. The number of hydrogen-bond acceptors (Lipinski definition) is 8. The van der Waals surface area contributed by atoms with Crippen LogP contribution in [0, 0.1) is 0 Å². The van der Waals surface area contributed by atoms with Crippen molar-refractivity contribution in [2.75, 3.05) is 37.6 Å². The van der Waals surface area contributed by atoms with Crippen LogP contribution < -0.4 is 16.0 Å². The molecule has 0 radical (unpaired) electrons. The maximum Gasteiger partial charge on any atom is 0.282 e. The fraction of sp³-hybridized carbons (Fsp3) is 0.368. The lowest BCUT2D eigenvalue weighted by molar-refractivity contribution is 0.251. The van der Waals surface area contributed by atoms with Gasteiger partial charge in [-0.25, -0.2) is 19.9 Å². The molecule has 0 amide bonds. The van der Waals surface area contributed by atoms with Gasteiger partial charge in [0.15, 0.2) is 5.65 Å². The van der Waals surface area contributed by atoms with Gasteiger partial charge in [-0.2, -0.15) is 0 Å². The second kappa shape index (κ2) is 7.71. The minimum absolute atomic E-state index is 0.158. The first-order valence-corrected chi connectivity index (χ1v) is 9.14. The van der Waals surface area contributed by atoms with E-state index in [1.165, 1.54) is 0 Å². The van der Waals surface area contributed by atoms with Crippen LogP contribution in [-0.2, 0) is 4.74 Å². The number of rotatable bonds is 2. The Morgan fingerprint density at radius 3 is 2.93 bits per heavy atom. The Morgan fingerprint density at radius 1 is 1.22 bits per heavy atom. The molecule has 0 aliphatic carbocycles. The van der Waals surface area contributed by atoms with Crippen molar-refractivity contribution in [3.63, 3.8) is 0 Å². The summed E-state index contributed by atoms with van der Waals surface area (Å²) in [5.74, 6) is 0.868. The van der Waals surface area contributed by atoms with E-state index in [1.54, 1.807) is 0 Å². The van der Waals surface area contributed by atoms with Crippen molar-refractivity contribution in [2.45, 2.75) is 13.0 Å². The topological polar surface area (TPSA) is 102 Å². The molecular weight excluding hydrogens is 342 g/mol. The summed E-state index contributed by atoms with van der Waals surface area (Å²) in [5, 5.41) is 3.35. The molecule has 0 spiro atoms. The number of piperazine rings is 1. The first-order valence-electron chi connectivity index (χ1n) is 9.14. The Bertz CT molecular complexity index is 915. The molecule has 3 N–H and O–H groups in total. The molecule has 0 saturated carbocycles. The number of ether oxygens (including phenoxy) is 1. The van der Waals surface area contributed by atoms with Gasteiger partial charge in [0.2, 0.25) is 0 Å². The Balaban J connectivity index is 1.68. The minimum atomic E-state index is -0.158. The van der Waals surface area contributed by atoms with E-state index in [-0.39, 0.29) is 12.1 Å². The van der Waals surface area contributed by atoms with Crippen molar-refractivity contribution in [3.05, 3.63) is 42.3 Å². The third-order valence-electron chi connectivity index (χ3n) is 4.54. The van der Waals surface area contributed by atoms with Crippen LogP contribution in [0.2, 0.25) is 0 Å². The number of anilines is 1. The fourth-order valence-corrected chi connectivity index (χ4v) is 3.09. The number of nitrogens with two attached hydrogens (primary N) is 1. The van der Waals surface area contributed by atoms with Gasteiger partial charge in [-0.05, 0) is 30.7 Å². The van der Waals surface area contributed by atoms with Gasteiger partial charge in [-0.1, -0.05) is 12.2 Å². The number of fused-ring (bicyclic) bond motifs is 1. The van der Waals surface area contributed by atoms with E-state index in [4.69, 9.17) is 20.4 Å². The first-order chi connectivity index (χ1) is 13.2. The van der Waals surface area contributed by atoms with Gasteiger partial charge in [0.1, 0.15) is 17.4 Å². The number of hydrogen-bond donors (Lipinski definition) is 2. The predicted octanol–water partition coefficient (Wildman–Crippen LogP) is 1.11. The van der Waals surface area contributed by atoms with Crippen molar-refractivity contribution in [1.82, 2.24) is 20.3 Å². The van der Waals surface area contributed by atoms with Gasteiger partial charge in [-0.15, -0.1) is 0 Å². The van der Waals surface area contributed by atoms with Crippen LogP contribution in [0.1, 0.15) is 12.6 Å². The van der Waals surface area contributed by atoms with Gasteiger partial charge in [-0.3, -0.25) is 0 Å². The van der Waals surface area contributed by atoms with Gasteiger partial charge >= 0.3 is 0 Å². The predicted molar refractivity (Wildman–Crippen MR) is 107 cm³/mol. The van der Waals surface area contributed by atoms with Crippen molar-refractivity contribution >= 4 is 28.6 Å². The van der Waals surface area contributed by atoms with E-state index in [9.17, 15) is 0 Å². The highest BCUT2D eigenvalue weighted by Gasteiger charge is 2.14. The summed E-state index contributed by atoms with van der Waals surface area (Å²) < 4.78 is 5.46. The molecule has 140 valence electrons. The molecule has 0 bridgehead atoms. The Hall–Kier alpha value is -3.00. The van der Waals surface area contributed by atoms with E-state index < -0.39 is 0 Å². The van der Waals surface area contributed by atoms with Crippen LogP contribution in [0.15, 0.2) is 41.6 Å². The van der Waals surface area contributed by atoms with Gasteiger partial charge in [0.25, 0.3) is 6.02 Å². The van der Waals surface area contributed by atoms with Gasteiger partial charge in [0, 0.05) is 26.2 Å². The van der Waals surface area contributed by atoms with Crippen LogP contribution in [0.4, 0.5) is 5.82 Å². The molecular formula is C19H23N7O. The molecule has 0 aromatic carbocycles. The standard InChI is InChI=1S/C19H23N7O/c1-13-2-3-14(6-7-22-19(20)27-13)15-4-5-16-18(24-15)25-17(12-23-16)26-10-8-21-9-11-26/h2-6,12-13,21H,7-11H2,1H3,(H2,20,22). The van der Waals surface area contributed by atoms with Crippen molar-refractivity contribution in [1.29, 1.82) is 0 Å². The Kier molecular flexibility index (Phi) is 4.97. The summed E-state index contributed by atoms with van der Waals surface area (Å²) in [7, 11) is 0. The molecule has 1 saturated heterocycles. The van der Waals surface area contributed by atoms with E-state index >= 15 is 0 Å². The molecule has 2 aliphatic heterocycles. The molecule has 4 heterocycles. The average Bonchev–Trinajstić information content (AvgIpc) is 2.78. The van der Waals surface area contributed by atoms with E-state index in [0.29, 0.717) is 12.2 Å². The second-order valence-electron chi connectivity index (χ2n) is 6.52. The number of nitrogens with zero attached hydrogens (tertiary/aromatic N) is 5. The highest BCUT2D eigenvalue weighted by Crippen LogP contribution is 2.20. The molecule has 8 heteroatoms. The summed E-state index contributed by atoms with van der Waals surface area (Å²) in [6, 6.07) is 4.10. The molecule has 2 aromatic heterocycles. The monoisotopic (exact) mass is 365 g/mol. The molecule has 2 aromatic rings. The largest absolute Gasteiger partial charge is 0.458 e. The van der Waals surface area contributed by atoms with Crippen LogP contribution in [0.25, 0.3) is 16.7 Å². The molecule has 4 rings (SSSR count). The Labute approximate surface area is 157 Å². The second-order valence-corrected chi connectivity index (χ2v) is 6.52. The van der Waals surface area contributed by atoms with Crippen LogP contribution in [0.3, 0.4) is 0 Å². The third kappa shape index (κ3) is 4.06. The number of aliphatic imine (C=N–C) groups is 1. The first kappa shape index (κ1) is 17.4. The van der Waals surface area contributed by atoms with E-state index in [0.717, 1.165) is 48.8 Å². The zero-order valence-electron chi connectivity index (χ0n) is 15.3. The van der Waals surface area contributed by atoms with Crippen molar-refractivity contribution in [2.24, 2.45) is 10.7 Å². The summed E-state index contributed by atoms with van der Waals surface area (Å²) in [4.78, 5) is 20.4. The highest BCUT2D eigenvalue weighted by molar-refractivity contribution is 5.79. The molecule has 1 unspecified atom stereocenters. The number of nitrogens with one attached hydrogen (secondary N) is 1. The molecule has 1 atom stereocenters. The van der Waals surface area contributed by atoms with Crippen molar-refractivity contribution < 1.29 is 4.74 Å². The van der Waals surface area contributed by atoms with Crippen molar-refractivity contribution in [3.8, 4) is 0 Å². The molecule has 1 fully saturated rings. The summed E-state index contributed by atoms with van der Waals surface area (Å²) in [5.41, 5.74) is 8.94.